The van der Waals surface area contributed by atoms with Crippen LogP contribution >= 0.6 is 0 Å². The first-order chi connectivity index (χ1) is 14.8. The molecule has 1 aromatic heterocycles. The number of aromatic nitrogens is 1. The van der Waals surface area contributed by atoms with Gasteiger partial charge in [-0.2, -0.15) is 0 Å². The Morgan fingerprint density at radius 1 is 0.968 bits per heavy atom. The van der Waals surface area contributed by atoms with Crippen molar-refractivity contribution in [1.82, 2.24) is 9.88 Å². The minimum atomic E-state index is -0.979. The highest BCUT2D eigenvalue weighted by Crippen LogP contribution is 2.35. The predicted octanol–water partition coefficient (Wildman–Crippen LogP) is 5.36. The number of urea groups is 1. The monoisotopic (exact) mass is 410 g/mol. The number of nitrogens with zero attached hydrogens (tertiary/aromatic N) is 4. The summed E-state index contributed by atoms with van der Waals surface area (Å²) in [6.07, 6.45) is 3.50. The minimum absolute atomic E-state index is 0.277. The Kier molecular flexibility index (Phi) is 5.04. The Balaban J connectivity index is 1.60. The van der Waals surface area contributed by atoms with E-state index in [2.05, 4.69) is 9.83 Å². The van der Waals surface area contributed by atoms with E-state index < -0.39 is 5.54 Å². The van der Waals surface area contributed by atoms with Crippen LogP contribution in [-0.4, -0.2) is 27.4 Å². The smallest absolute Gasteiger partial charge is 0.305 e. The summed E-state index contributed by atoms with van der Waals surface area (Å²) in [5, 5.41) is 0. The van der Waals surface area contributed by atoms with Crippen molar-refractivity contribution in [3.8, 4) is 11.1 Å². The Hall–Kier alpha value is -3.98. The van der Waals surface area contributed by atoms with Gasteiger partial charge < -0.3 is 4.90 Å². The molecule has 6 nitrogen and oxygen atoms in total. The zero-order chi connectivity index (χ0) is 22.2. The van der Waals surface area contributed by atoms with Gasteiger partial charge in [-0.3, -0.25) is 9.78 Å². The van der Waals surface area contributed by atoms with Gasteiger partial charge in [0.2, 0.25) is 0 Å². The van der Waals surface area contributed by atoms with Crippen LogP contribution in [0.25, 0.3) is 16.0 Å². The minimum Gasteiger partial charge on any atom is -0.305 e. The molecular weight excluding hydrogens is 388 g/mol. The molecule has 3 amide bonds. The van der Waals surface area contributed by atoms with Gasteiger partial charge in [0.1, 0.15) is 5.54 Å². The lowest BCUT2D eigenvalue weighted by atomic mass is 10.0. The summed E-state index contributed by atoms with van der Waals surface area (Å²) >= 11 is 0. The molecule has 0 spiro atoms. The maximum atomic E-state index is 13.3. The van der Waals surface area contributed by atoms with E-state index in [4.69, 9.17) is 6.57 Å². The topological polar surface area (TPSA) is 57.9 Å². The first-order valence-electron chi connectivity index (χ1n) is 9.96. The van der Waals surface area contributed by atoms with Gasteiger partial charge in [-0.15, -0.1) is 0 Å². The van der Waals surface area contributed by atoms with Gasteiger partial charge in [0.05, 0.1) is 12.3 Å². The number of aryl methyl sites for hydroxylation is 1. The number of pyridine rings is 1. The summed E-state index contributed by atoms with van der Waals surface area (Å²) in [4.78, 5) is 36.7. The third-order valence-corrected chi connectivity index (χ3v) is 5.69. The fourth-order valence-corrected chi connectivity index (χ4v) is 3.76. The van der Waals surface area contributed by atoms with Gasteiger partial charge in [-0.05, 0) is 67.3 Å². The van der Waals surface area contributed by atoms with Crippen LogP contribution in [0.3, 0.4) is 0 Å². The number of amides is 3. The third-order valence-electron chi connectivity index (χ3n) is 5.69. The molecule has 0 aliphatic carbocycles. The lowest BCUT2D eigenvalue weighted by Gasteiger charge is -2.27. The average Bonchev–Trinajstić information content (AvgIpc) is 2.94. The second-order valence-corrected chi connectivity index (χ2v) is 8.08. The van der Waals surface area contributed by atoms with E-state index in [9.17, 15) is 9.59 Å². The van der Waals surface area contributed by atoms with Crippen LogP contribution in [0.15, 0.2) is 67.0 Å². The SMILES string of the molecule is [C-]#[N+]c1ccc(N2C(=O)N(Cc3ccc(-c4ccncc4)cc3)C(C)(C)C2=O)cc1C. The molecule has 0 saturated carbocycles. The third kappa shape index (κ3) is 3.55. The molecule has 3 aromatic rings. The molecule has 31 heavy (non-hydrogen) atoms. The largest absolute Gasteiger partial charge is 0.332 e. The maximum Gasteiger partial charge on any atom is 0.332 e. The molecule has 0 unspecified atom stereocenters. The zero-order valence-corrected chi connectivity index (χ0v) is 17.7. The van der Waals surface area contributed by atoms with Gasteiger partial charge in [0.25, 0.3) is 5.91 Å². The van der Waals surface area contributed by atoms with E-state index in [1.165, 1.54) is 4.90 Å². The second-order valence-electron chi connectivity index (χ2n) is 8.08. The standard InChI is InChI=1S/C25H22N4O2/c1-17-15-21(9-10-22(17)26-4)29-23(30)25(2,3)28(24(29)31)16-18-5-7-19(8-6-18)20-11-13-27-14-12-20/h5-15H,16H2,1-3H3. The molecule has 154 valence electrons. The molecule has 4 rings (SSSR count). The van der Waals surface area contributed by atoms with Crippen molar-refractivity contribution in [3.05, 3.63) is 89.5 Å². The molecule has 1 fully saturated rings. The van der Waals surface area contributed by atoms with Crippen molar-refractivity contribution in [1.29, 1.82) is 0 Å². The van der Waals surface area contributed by atoms with Crippen LogP contribution < -0.4 is 4.90 Å². The summed E-state index contributed by atoms with van der Waals surface area (Å²) in [5.74, 6) is -0.277. The number of anilines is 1. The summed E-state index contributed by atoms with van der Waals surface area (Å²) in [5.41, 5.74) is 3.82. The van der Waals surface area contributed by atoms with Crippen LogP contribution in [0.2, 0.25) is 0 Å². The summed E-state index contributed by atoms with van der Waals surface area (Å²) in [7, 11) is 0. The van der Waals surface area contributed by atoms with Crippen molar-refractivity contribution < 1.29 is 9.59 Å². The van der Waals surface area contributed by atoms with Gasteiger partial charge >= 0.3 is 6.03 Å². The van der Waals surface area contributed by atoms with Gasteiger partial charge in [-0.25, -0.2) is 14.5 Å². The first kappa shape index (κ1) is 20.3. The molecule has 0 atom stereocenters. The van der Waals surface area contributed by atoms with Crippen molar-refractivity contribution in [3.63, 3.8) is 0 Å². The number of hydrogen-bond donors (Lipinski definition) is 0. The number of carbonyl (C=O) groups excluding carboxylic acids is 2. The van der Waals surface area contributed by atoms with Crippen molar-refractivity contribution in [2.45, 2.75) is 32.9 Å². The predicted molar refractivity (Wildman–Crippen MR) is 120 cm³/mol. The quantitative estimate of drug-likeness (QED) is 0.430. The van der Waals surface area contributed by atoms with Crippen molar-refractivity contribution >= 4 is 23.3 Å². The van der Waals surface area contributed by atoms with Gasteiger partial charge in [0, 0.05) is 18.9 Å². The maximum absolute atomic E-state index is 13.3. The van der Waals surface area contributed by atoms with Crippen LogP contribution in [0.4, 0.5) is 16.2 Å². The molecule has 0 bridgehead atoms. The normalized spacial score (nSPS) is 15.3. The van der Waals surface area contributed by atoms with Gasteiger partial charge in [0.15, 0.2) is 5.69 Å². The Labute approximate surface area is 181 Å². The molecule has 1 aliphatic heterocycles. The summed E-state index contributed by atoms with van der Waals surface area (Å²) < 4.78 is 0. The highest BCUT2D eigenvalue weighted by Gasteiger charge is 2.51. The summed E-state index contributed by atoms with van der Waals surface area (Å²) in [6, 6.07) is 16.5. The number of carbonyl (C=O) groups is 2. The summed E-state index contributed by atoms with van der Waals surface area (Å²) in [6.45, 7) is 12.8. The molecule has 0 radical (unpaired) electrons. The van der Waals surface area contributed by atoms with E-state index >= 15 is 0 Å². The van der Waals surface area contributed by atoms with Crippen molar-refractivity contribution in [2.75, 3.05) is 4.90 Å². The lowest BCUT2D eigenvalue weighted by molar-refractivity contribution is -0.123. The molecule has 6 heteroatoms. The number of imide groups is 1. The van der Waals surface area contributed by atoms with E-state index in [0.29, 0.717) is 17.9 Å². The van der Waals surface area contributed by atoms with Crippen LogP contribution in [0, 0.1) is 13.5 Å². The highest BCUT2D eigenvalue weighted by molar-refractivity contribution is 6.23. The van der Waals surface area contributed by atoms with E-state index in [0.717, 1.165) is 22.3 Å². The van der Waals surface area contributed by atoms with Crippen molar-refractivity contribution in [2.24, 2.45) is 0 Å². The molecule has 1 aliphatic rings. The van der Waals surface area contributed by atoms with Gasteiger partial charge in [-0.1, -0.05) is 30.3 Å². The van der Waals surface area contributed by atoms with Crippen LogP contribution in [0.5, 0.6) is 0 Å². The fourth-order valence-electron chi connectivity index (χ4n) is 3.76. The van der Waals surface area contributed by atoms with E-state index in [1.54, 1.807) is 56.3 Å². The second kappa shape index (κ2) is 7.69. The van der Waals surface area contributed by atoms with Crippen LogP contribution in [-0.2, 0) is 11.3 Å². The fraction of sp³-hybridized carbons (Fsp3) is 0.200. The molecule has 1 saturated heterocycles. The number of rotatable bonds is 4. The Morgan fingerprint density at radius 3 is 2.23 bits per heavy atom. The molecular formula is C25H22N4O2. The molecule has 0 N–H and O–H groups in total. The number of hydrogen-bond acceptors (Lipinski definition) is 3. The number of benzene rings is 2. The lowest BCUT2D eigenvalue weighted by Crippen LogP contribution is -2.43. The zero-order valence-electron chi connectivity index (χ0n) is 17.7. The van der Waals surface area contributed by atoms with E-state index in [1.807, 2.05) is 36.4 Å². The van der Waals surface area contributed by atoms with E-state index in [-0.39, 0.29) is 11.9 Å². The Bertz CT molecular complexity index is 1190. The first-order valence-corrected chi connectivity index (χ1v) is 9.96. The molecule has 2 aromatic carbocycles. The Morgan fingerprint density at radius 2 is 1.61 bits per heavy atom. The van der Waals surface area contributed by atoms with Crippen LogP contribution in [0.1, 0.15) is 25.0 Å². The molecule has 2 heterocycles. The highest BCUT2D eigenvalue weighted by atomic mass is 16.2. The average molecular weight is 410 g/mol.